The van der Waals surface area contributed by atoms with E-state index < -0.39 is 23.6 Å². The molecule has 0 aromatic carbocycles. The lowest BCUT2D eigenvalue weighted by Gasteiger charge is -2.16. The number of hydrogen-bond donors (Lipinski definition) is 1. The van der Waals surface area contributed by atoms with Crippen molar-refractivity contribution < 1.29 is 36.3 Å². The van der Waals surface area contributed by atoms with Crippen LogP contribution < -0.4 is 0 Å². The third-order valence-electron chi connectivity index (χ3n) is 1.75. The molecule has 0 aliphatic carbocycles. The van der Waals surface area contributed by atoms with Crippen LogP contribution in [0, 0.1) is 0 Å². The van der Waals surface area contributed by atoms with Gasteiger partial charge in [-0.2, -0.15) is 22.0 Å². The van der Waals surface area contributed by atoms with Crippen molar-refractivity contribution in [3.05, 3.63) is 30.2 Å². The average Bonchev–Trinajstić information content (AvgIpc) is 2.68. The van der Waals surface area contributed by atoms with Crippen LogP contribution in [0.25, 0.3) is 5.76 Å². The molecule has 0 bridgehead atoms. The second-order valence-electron chi connectivity index (χ2n) is 2.98. The second-order valence-corrected chi connectivity index (χ2v) is 2.98. The fraction of sp³-hybridized carbons (Fsp3) is 0.222. The highest BCUT2D eigenvalue weighted by Gasteiger charge is 2.62. The number of halogens is 5. The first-order chi connectivity index (χ1) is 7.66. The summed E-state index contributed by atoms with van der Waals surface area (Å²) < 4.78 is 64.7. The van der Waals surface area contributed by atoms with Gasteiger partial charge < -0.3 is 9.52 Å². The Balaban J connectivity index is 2.97. The normalized spacial score (nSPS) is 13.8. The molecule has 3 nitrogen and oxygen atoms in total. The summed E-state index contributed by atoms with van der Waals surface area (Å²) in [7, 11) is 0. The largest absolute Gasteiger partial charge is 0.507 e. The summed E-state index contributed by atoms with van der Waals surface area (Å²) in [6, 6.07) is 1.09. The molecule has 17 heavy (non-hydrogen) atoms. The summed E-state index contributed by atoms with van der Waals surface area (Å²) in [6.45, 7) is 0. The van der Waals surface area contributed by atoms with Gasteiger partial charge in [0, 0.05) is 6.08 Å². The van der Waals surface area contributed by atoms with Crippen molar-refractivity contribution in [2.24, 2.45) is 0 Å². The van der Waals surface area contributed by atoms with Gasteiger partial charge in [0.25, 0.3) is 0 Å². The van der Waals surface area contributed by atoms with Gasteiger partial charge in [-0.3, -0.25) is 4.79 Å². The molecule has 0 amide bonds. The van der Waals surface area contributed by atoms with Gasteiger partial charge in [0.05, 0.1) is 11.8 Å². The van der Waals surface area contributed by atoms with Crippen molar-refractivity contribution >= 4 is 11.5 Å². The lowest BCUT2D eigenvalue weighted by atomic mass is 10.1. The number of aliphatic hydroxyl groups is 1. The Kier molecular flexibility index (Phi) is 3.25. The number of hydrogen-bond acceptors (Lipinski definition) is 3. The molecular weight excluding hydrogens is 251 g/mol. The highest BCUT2D eigenvalue weighted by molar-refractivity contribution is 6.00. The van der Waals surface area contributed by atoms with Gasteiger partial charge in [-0.15, -0.1) is 0 Å². The summed E-state index contributed by atoms with van der Waals surface area (Å²) >= 11 is 0. The standard InChI is InChI=1S/C9H5F5O3/c10-8(11,9(12,13)14)7(16)3-6(15)5-1-2-17-4-5/h1-4,15H. The van der Waals surface area contributed by atoms with Crippen molar-refractivity contribution in [3.8, 4) is 0 Å². The zero-order valence-corrected chi connectivity index (χ0v) is 7.96. The van der Waals surface area contributed by atoms with Crippen LogP contribution in [0.15, 0.2) is 29.1 Å². The zero-order valence-electron chi connectivity index (χ0n) is 7.96. The summed E-state index contributed by atoms with van der Waals surface area (Å²) in [6.07, 6.45) is -4.27. The summed E-state index contributed by atoms with van der Waals surface area (Å²) in [4.78, 5) is 10.7. The maximum Gasteiger partial charge on any atom is 0.461 e. The molecule has 0 saturated carbocycles. The molecule has 1 heterocycles. The number of carbonyl (C=O) groups is 1. The Labute approximate surface area is 91.1 Å². The van der Waals surface area contributed by atoms with Gasteiger partial charge in [0.2, 0.25) is 5.78 Å². The number of carbonyl (C=O) groups excluding carboxylic acids is 1. The molecule has 0 atom stereocenters. The number of allylic oxidation sites excluding steroid dienone is 1. The topological polar surface area (TPSA) is 50.4 Å². The van der Waals surface area contributed by atoms with Crippen LogP contribution in [0.4, 0.5) is 22.0 Å². The molecule has 0 radical (unpaired) electrons. The van der Waals surface area contributed by atoms with E-state index >= 15 is 0 Å². The zero-order chi connectivity index (χ0) is 13.3. The Hall–Kier alpha value is -1.86. The van der Waals surface area contributed by atoms with E-state index in [2.05, 4.69) is 4.42 Å². The van der Waals surface area contributed by atoms with E-state index in [1.165, 1.54) is 0 Å². The van der Waals surface area contributed by atoms with Crippen molar-refractivity contribution in [2.75, 3.05) is 0 Å². The minimum absolute atomic E-state index is 0.184. The average molecular weight is 256 g/mol. The molecule has 1 rings (SSSR count). The van der Waals surface area contributed by atoms with Crippen molar-refractivity contribution in [2.45, 2.75) is 12.1 Å². The third kappa shape index (κ3) is 2.63. The number of alkyl halides is 5. The molecule has 1 aromatic heterocycles. The monoisotopic (exact) mass is 256 g/mol. The van der Waals surface area contributed by atoms with E-state index in [0.717, 1.165) is 18.6 Å². The first-order valence-electron chi connectivity index (χ1n) is 4.08. The molecule has 94 valence electrons. The SMILES string of the molecule is O=C(C=C(O)c1ccoc1)C(F)(F)C(F)(F)F. The van der Waals surface area contributed by atoms with Crippen LogP contribution in [0.3, 0.4) is 0 Å². The molecule has 0 saturated heterocycles. The van der Waals surface area contributed by atoms with Crippen LogP contribution in [-0.2, 0) is 4.79 Å². The van der Waals surface area contributed by atoms with Crippen LogP contribution in [0.5, 0.6) is 0 Å². The molecule has 1 aromatic rings. The van der Waals surface area contributed by atoms with E-state index in [-0.39, 0.29) is 11.6 Å². The van der Waals surface area contributed by atoms with Gasteiger partial charge in [-0.1, -0.05) is 0 Å². The summed E-state index contributed by atoms with van der Waals surface area (Å²) in [5.74, 6) is -9.12. The Morgan fingerprint density at radius 3 is 2.29 bits per heavy atom. The summed E-state index contributed by atoms with van der Waals surface area (Å²) in [5.41, 5.74) is -0.184. The Morgan fingerprint density at radius 1 is 1.29 bits per heavy atom. The lowest BCUT2D eigenvalue weighted by molar-refractivity contribution is -0.266. The second kappa shape index (κ2) is 4.19. The van der Waals surface area contributed by atoms with E-state index in [1.54, 1.807) is 0 Å². The van der Waals surface area contributed by atoms with Gasteiger partial charge >= 0.3 is 12.1 Å². The van der Waals surface area contributed by atoms with Crippen molar-refractivity contribution in [1.29, 1.82) is 0 Å². The maximum atomic E-state index is 12.5. The quantitative estimate of drug-likeness (QED) is 0.514. The van der Waals surface area contributed by atoms with Crippen LogP contribution >= 0.6 is 0 Å². The third-order valence-corrected chi connectivity index (χ3v) is 1.75. The van der Waals surface area contributed by atoms with Crippen LogP contribution in [0.2, 0.25) is 0 Å². The molecule has 0 aliphatic heterocycles. The van der Waals surface area contributed by atoms with E-state index in [4.69, 9.17) is 5.11 Å². The smallest absolute Gasteiger partial charge is 0.461 e. The van der Waals surface area contributed by atoms with Crippen molar-refractivity contribution in [3.63, 3.8) is 0 Å². The number of furan rings is 1. The fourth-order valence-electron chi connectivity index (χ4n) is 0.848. The molecule has 0 fully saturated rings. The Bertz CT molecular complexity index is 430. The Morgan fingerprint density at radius 2 is 1.88 bits per heavy atom. The lowest BCUT2D eigenvalue weighted by Crippen LogP contribution is -2.43. The first kappa shape index (κ1) is 13.2. The van der Waals surface area contributed by atoms with E-state index in [0.29, 0.717) is 0 Å². The minimum atomic E-state index is -6.00. The predicted molar refractivity (Wildman–Crippen MR) is 45.3 cm³/mol. The molecule has 1 N–H and O–H groups in total. The van der Waals surface area contributed by atoms with E-state index in [9.17, 15) is 26.7 Å². The maximum absolute atomic E-state index is 12.5. The number of aliphatic hydroxyl groups excluding tert-OH is 1. The first-order valence-corrected chi connectivity index (χ1v) is 4.08. The number of rotatable bonds is 3. The van der Waals surface area contributed by atoms with Crippen LogP contribution in [-0.4, -0.2) is 23.0 Å². The van der Waals surface area contributed by atoms with Crippen molar-refractivity contribution in [1.82, 2.24) is 0 Å². The van der Waals surface area contributed by atoms with Gasteiger partial charge in [0.1, 0.15) is 12.0 Å². The summed E-state index contributed by atoms with van der Waals surface area (Å²) in [5, 5.41) is 9.09. The molecule has 0 aliphatic rings. The van der Waals surface area contributed by atoms with Gasteiger partial charge in [-0.25, -0.2) is 0 Å². The highest BCUT2D eigenvalue weighted by Crippen LogP contribution is 2.36. The minimum Gasteiger partial charge on any atom is -0.507 e. The predicted octanol–water partition coefficient (Wildman–Crippen LogP) is 2.95. The molecule has 0 spiro atoms. The fourth-order valence-corrected chi connectivity index (χ4v) is 0.848. The molecule has 8 heteroatoms. The molecular formula is C9H5F5O3. The molecule has 0 unspecified atom stereocenters. The number of ketones is 1. The van der Waals surface area contributed by atoms with Gasteiger partial charge in [0.15, 0.2) is 0 Å². The van der Waals surface area contributed by atoms with Gasteiger partial charge in [-0.05, 0) is 6.07 Å². The van der Waals surface area contributed by atoms with Crippen LogP contribution in [0.1, 0.15) is 5.56 Å². The highest BCUT2D eigenvalue weighted by atomic mass is 19.4. The van der Waals surface area contributed by atoms with E-state index in [1.807, 2.05) is 0 Å².